The largest absolute Gasteiger partial charge is 0.492 e. The lowest BCUT2D eigenvalue weighted by Gasteiger charge is -2.23. The molecule has 4 nitrogen and oxygen atoms in total. The molecule has 0 heterocycles. The van der Waals surface area contributed by atoms with Gasteiger partial charge in [0, 0.05) is 16.6 Å². The van der Waals surface area contributed by atoms with Crippen LogP contribution in [-0.4, -0.2) is 30.6 Å². The number of hydrogen-bond donors (Lipinski definition) is 2. The Morgan fingerprint density at radius 2 is 1.90 bits per heavy atom. The number of hydrogen-bond acceptors (Lipinski definition) is 3. The molecule has 0 aliphatic rings. The molecule has 1 unspecified atom stereocenters. The molecule has 0 fully saturated rings. The monoisotopic (exact) mass is 342 g/mol. The average molecular weight is 343 g/mol. The molecule has 1 amide bonds. The highest BCUT2D eigenvalue weighted by molar-refractivity contribution is 9.10. The van der Waals surface area contributed by atoms with E-state index in [4.69, 9.17) is 4.74 Å². The Labute approximate surface area is 129 Å². The van der Waals surface area contributed by atoms with Crippen LogP contribution in [0.2, 0.25) is 0 Å². The second-order valence-corrected chi connectivity index (χ2v) is 6.63. The Morgan fingerprint density at radius 3 is 2.45 bits per heavy atom. The average Bonchev–Trinajstić information content (AvgIpc) is 2.34. The summed E-state index contributed by atoms with van der Waals surface area (Å²) in [6.07, 6.45) is 0. The van der Waals surface area contributed by atoms with Crippen LogP contribution in [0, 0.1) is 0 Å². The van der Waals surface area contributed by atoms with Crippen LogP contribution in [0.15, 0.2) is 28.7 Å². The van der Waals surface area contributed by atoms with E-state index in [-0.39, 0.29) is 17.5 Å². The molecule has 0 aromatic heterocycles. The zero-order chi connectivity index (χ0) is 15.2. The summed E-state index contributed by atoms with van der Waals surface area (Å²) in [5, 5.41) is 6.08. The first-order chi connectivity index (χ1) is 9.28. The van der Waals surface area contributed by atoms with Crippen molar-refractivity contribution >= 4 is 21.8 Å². The number of amides is 1. The van der Waals surface area contributed by atoms with E-state index in [1.54, 1.807) is 0 Å². The highest BCUT2D eigenvalue weighted by Crippen LogP contribution is 2.15. The Bertz CT molecular complexity index is 426. The molecule has 5 heteroatoms. The smallest absolute Gasteiger partial charge is 0.237 e. The topological polar surface area (TPSA) is 50.4 Å². The van der Waals surface area contributed by atoms with Gasteiger partial charge in [0.25, 0.3) is 0 Å². The van der Waals surface area contributed by atoms with Gasteiger partial charge in [-0.25, -0.2) is 0 Å². The van der Waals surface area contributed by atoms with Crippen molar-refractivity contribution in [1.82, 2.24) is 10.6 Å². The molecule has 1 atom stereocenters. The second kappa shape index (κ2) is 7.64. The van der Waals surface area contributed by atoms with Crippen LogP contribution in [-0.2, 0) is 4.79 Å². The summed E-state index contributed by atoms with van der Waals surface area (Å²) in [6.45, 7) is 8.89. The molecule has 112 valence electrons. The van der Waals surface area contributed by atoms with Crippen molar-refractivity contribution in [1.29, 1.82) is 0 Å². The van der Waals surface area contributed by atoms with Gasteiger partial charge in [-0.15, -0.1) is 0 Å². The normalized spacial score (nSPS) is 12.8. The number of rotatable bonds is 6. The number of benzene rings is 1. The SMILES string of the molecule is CC(NCCOc1ccc(Br)cc1)C(=O)NC(C)(C)C. The Balaban J connectivity index is 2.23. The van der Waals surface area contributed by atoms with Crippen molar-refractivity contribution in [2.45, 2.75) is 39.3 Å². The van der Waals surface area contributed by atoms with Crippen LogP contribution in [0.1, 0.15) is 27.7 Å². The second-order valence-electron chi connectivity index (χ2n) is 5.72. The first kappa shape index (κ1) is 17.0. The third-order valence-electron chi connectivity index (χ3n) is 2.53. The molecule has 1 rings (SSSR count). The fourth-order valence-electron chi connectivity index (χ4n) is 1.55. The van der Waals surface area contributed by atoms with Crippen LogP contribution in [0.5, 0.6) is 5.75 Å². The van der Waals surface area contributed by atoms with Gasteiger partial charge in [-0.3, -0.25) is 4.79 Å². The maximum atomic E-state index is 11.8. The Morgan fingerprint density at radius 1 is 1.30 bits per heavy atom. The molecule has 0 bridgehead atoms. The van der Waals surface area contributed by atoms with E-state index in [9.17, 15) is 4.79 Å². The molecule has 0 spiro atoms. The van der Waals surface area contributed by atoms with Gasteiger partial charge in [0.2, 0.25) is 5.91 Å². The summed E-state index contributed by atoms with van der Waals surface area (Å²) in [5.41, 5.74) is -0.207. The Hall–Kier alpha value is -1.07. The molecule has 0 radical (unpaired) electrons. The maximum Gasteiger partial charge on any atom is 0.237 e. The zero-order valence-corrected chi connectivity index (χ0v) is 14.1. The van der Waals surface area contributed by atoms with Gasteiger partial charge < -0.3 is 15.4 Å². The molecule has 1 aromatic carbocycles. The summed E-state index contributed by atoms with van der Waals surface area (Å²) in [6, 6.07) is 7.44. The molecule has 0 saturated heterocycles. The lowest BCUT2D eigenvalue weighted by Crippen LogP contribution is -2.50. The van der Waals surface area contributed by atoms with Gasteiger partial charge in [-0.2, -0.15) is 0 Å². The van der Waals surface area contributed by atoms with Crippen molar-refractivity contribution in [2.24, 2.45) is 0 Å². The van der Waals surface area contributed by atoms with Crippen molar-refractivity contribution in [3.8, 4) is 5.75 Å². The molecule has 1 aromatic rings. The Kier molecular flexibility index (Phi) is 6.49. The fourth-order valence-corrected chi connectivity index (χ4v) is 1.81. The van der Waals surface area contributed by atoms with Gasteiger partial charge in [0.15, 0.2) is 0 Å². The predicted octanol–water partition coefficient (Wildman–Crippen LogP) is 2.72. The fraction of sp³-hybridized carbons (Fsp3) is 0.533. The van der Waals surface area contributed by atoms with Gasteiger partial charge in [0.05, 0.1) is 6.04 Å². The lowest BCUT2D eigenvalue weighted by atomic mass is 10.1. The van der Waals surface area contributed by atoms with E-state index in [2.05, 4.69) is 26.6 Å². The van der Waals surface area contributed by atoms with Gasteiger partial charge in [-0.1, -0.05) is 15.9 Å². The van der Waals surface area contributed by atoms with Gasteiger partial charge >= 0.3 is 0 Å². The molecule has 0 aliphatic carbocycles. The molecule has 20 heavy (non-hydrogen) atoms. The molecular formula is C15H23BrN2O2. The lowest BCUT2D eigenvalue weighted by molar-refractivity contribution is -0.124. The van der Waals surface area contributed by atoms with E-state index in [1.165, 1.54) is 0 Å². The van der Waals surface area contributed by atoms with E-state index in [0.29, 0.717) is 13.2 Å². The van der Waals surface area contributed by atoms with Crippen molar-refractivity contribution in [3.63, 3.8) is 0 Å². The predicted molar refractivity (Wildman–Crippen MR) is 85.0 cm³/mol. The first-order valence-electron chi connectivity index (χ1n) is 6.72. The first-order valence-corrected chi connectivity index (χ1v) is 7.51. The summed E-state index contributed by atoms with van der Waals surface area (Å²) in [4.78, 5) is 11.8. The third-order valence-corrected chi connectivity index (χ3v) is 3.06. The number of nitrogens with one attached hydrogen (secondary N) is 2. The van der Waals surface area contributed by atoms with Crippen molar-refractivity contribution in [3.05, 3.63) is 28.7 Å². The number of ether oxygens (including phenoxy) is 1. The van der Waals surface area contributed by atoms with E-state index in [0.717, 1.165) is 10.2 Å². The van der Waals surface area contributed by atoms with Gasteiger partial charge in [0.1, 0.15) is 12.4 Å². The summed E-state index contributed by atoms with van der Waals surface area (Å²) in [7, 11) is 0. The van der Waals surface area contributed by atoms with E-state index >= 15 is 0 Å². The van der Waals surface area contributed by atoms with Crippen molar-refractivity contribution < 1.29 is 9.53 Å². The minimum absolute atomic E-state index is 0.00106. The zero-order valence-electron chi connectivity index (χ0n) is 12.5. The molecule has 0 aliphatic heterocycles. The molecular weight excluding hydrogens is 320 g/mol. The van der Waals surface area contributed by atoms with Crippen LogP contribution in [0.3, 0.4) is 0 Å². The molecule has 0 saturated carbocycles. The van der Waals surface area contributed by atoms with E-state index < -0.39 is 0 Å². The quantitative estimate of drug-likeness (QED) is 0.781. The van der Waals surface area contributed by atoms with Crippen LogP contribution in [0.25, 0.3) is 0 Å². The van der Waals surface area contributed by atoms with Crippen LogP contribution in [0.4, 0.5) is 0 Å². The number of carbonyl (C=O) groups excluding carboxylic acids is 1. The van der Waals surface area contributed by atoms with Crippen LogP contribution < -0.4 is 15.4 Å². The summed E-state index contributed by atoms with van der Waals surface area (Å²) in [5.74, 6) is 0.822. The highest BCUT2D eigenvalue weighted by atomic mass is 79.9. The summed E-state index contributed by atoms with van der Waals surface area (Å²) >= 11 is 3.37. The highest BCUT2D eigenvalue weighted by Gasteiger charge is 2.18. The van der Waals surface area contributed by atoms with Crippen LogP contribution >= 0.6 is 15.9 Å². The number of halogens is 1. The summed E-state index contributed by atoms with van der Waals surface area (Å²) < 4.78 is 6.60. The minimum atomic E-state index is -0.234. The molecule has 2 N–H and O–H groups in total. The van der Waals surface area contributed by atoms with Crippen molar-refractivity contribution in [2.75, 3.05) is 13.2 Å². The van der Waals surface area contributed by atoms with Gasteiger partial charge in [-0.05, 0) is 52.0 Å². The minimum Gasteiger partial charge on any atom is -0.492 e. The standard InChI is InChI=1S/C15H23BrN2O2/c1-11(14(19)18-15(2,3)4)17-9-10-20-13-7-5-12(16)6-8-13/h5-8,11,17H,9-10H2,1-4H3,(H,18,19). The maximum absolute atomic E-state index is 11.8. The number of carbonyl (C=O) groups is 1. The van der Waals surface area contributed by atoms with E-state index in [1.807, 2.05) is 52.0 Å². The third kappa shape index (κ3) is 6.91.